The first-order valence-electron chi connectivity index (χ1n) is 6.58. The van der Waals surface area contributed by atoms with Crippen molar-refractivity contribution in [3.05, 3.63) is 64.7 Å². The van der Waals surface area contributed by atoms with Gasteiger partial charge in [-0.1, -0.05) is 41.9 Å². The van der Waals surface area contributed by atoms with Crippen LogP contribution in [0.25, 0.3) is 0 Å². The standard InChI is InChI=1S/C16H16ClF2NO/c1-11(12-6-4-7-14(17)9-12)20-10-13-5-2-3-8-15(13)21-16(18)19/h2-9,11,16,20H,10H2,1H3/t11-/m1/s1. The highest BCUT2D eigenvalue weighted by Crippen LogP contribution is 2.22. The Labute approximate surface area is 127 Å². The van der Waals surface area contributed by atoms with Crippen molar-refractivity contribution in [3.8, 4) is 5.75 Å². The van der Waals surface area contributed by atoms with Gasteiger partial charge in [-0.15, -0.1) is 0 Å². The predicted molar refractivity (Wildman–Crippen MR) is 79.8 cm³/mol. The summed E-state index contributed by atoms with van der Waals surface area (Å²) >= 11 is 5.96. The van der Waals surface area contributed by atoms with Gasteiger partial charge in [0.1, 0.15) is 5.75 Å². The van der Waals surface area contributed by atoms with Crippen LogP contribution in [-0.4, -0.2) is 6.61 Å². The van der Waals surface area contributed by atoms with E-state index in [1.165, 1.54) is 6.07 Å². The SMILES string of the molecule is C[C@@H](NCc1ccccc1OC(F)F)c1cccc(Cl)c1. The molecule has 0 aliphatic heterocycles. The molecular formula is C16H16ClF2NO. The van der Waals surface area contributed by atoms with Gasteiger partial charge in [-0.2, -0.15) is 8.78 Å². The van der Waals surface area contributed by atoms with Gasteiger partial charge in [-0.25, -0.2) is 0 Å². The van der Waals surface area contributed by atoms with Crippen LogP contribution in [0.2, 0.25) is 5.02 Å². The van der Waals surface area contributed by atoms with E-state index in [0.717, 1.165) is 5.56 Å². The molecule has 1 N–H and O–H groups in total. The Morgan fingerprint density at radius 3 is 2.62 bits per heavy atom. The minimum absolute atomic E-state index is 0.0447. The fourth-order valence-electron chi connectivity index (χ4n) is 2.02. The van der Waals surface area contributed by atoms with Gasteiger partial charge in [0.05, 0.1) is 0 Å². The maximum absolute atomic E-state index is 12.4. The molecule has 112 valence electrons. The normalized spacial score (nSPS) is 12.4. The van der Waals surface area contributed by atoms with E-state index in [1.54, 1.807) is 18.2 Å². The summed E-state index contributed by atoms with van der Waals surface area (Å²) in [5.41, 5.74) is 1.72. The summed E-state index contributed by atoms with van der Waals surface area (Å²) in [6.45, 7) is -0.407. The molecule has 2 aromatic carbocycles. The van der Waals surface area contributed by atoms with Crippen LogP contribution in [0.4, 0.5) is 8.78 Å². The van der Waals surface area contributed by atoms with E-state index >= 15 is 0 Å². The van der Waals surface area contributed by atoms with Gasteiger partial charge in [-0.05, 0) is 30.7 Å². The summed E-state index contributed by atoms with van der Waals surface area (Å²) < 4.78 is 29.2. The number of ether oxygens (including phenoxy) is 1. The second-order valence-electron chi connectivity index (χ2n) is 4.64. The number of nitrogens with one attached hydrogen (secondary N) is 1. The summed E-state index contributed by atoms with van der Waals surface area (Å²) in [6.07, 6.45) is 0. The summed E-state index contributed by atoms with van der Waals surface area (Å²) in [4.78, 5) is 0. The lowest BCUT2D eigenvalue weighted by molar-refractivity contribution is -0.0505. The molecule has 2 rings (SSSR count). The number of benzene rings is 2. The molecule has 0 amide bonds. The van der Waals surface area contributed by atoms with E-state index in [4.69, 9.17) is 11.6 Å². The van der Waals surface area contributed by atoms with Crippen molar-refractivity contribution >= 4 is 11.6 Å². The predicted octanol–water partition coefficient (Wildman–Crippen LogP) is 4.79. The molecule has 21 heavy (non-hydrogen) atoms. The molecule has 0 bridgehead atoms. The maximum Gasteiger partial charge on any atom is 0.387 e. The Balaban J connectivity index is 2.02. The molecule has 0 aromatic heterocycles. The number of alkyl halides is 2. The van der Waals surface area contributed by atoms with Crippen LogP contribution >= 0.6 is 11.6 Å². The Hall–Kier alpha value is -1.65. The molecule has 0 spiro atoms. The van der Waals surface area contributed by atoms with Crippen molar-refractivity contribution in [1.29, 1.82) is 0 Å². The van der Waals surface area contributed by atoms with Gasteiger partial charge in [0.15, 0.2) is 0 Å². The molecule has 0 fully saturated rings. The maximum atomic E-state index is 12.4. The van der Waals surface area contributed by atoms with E-state index in [9.17, 15) is 8.78 Å². The highest BCUT2D eigenvalue weighted by atomic mass is 35.5. The minimum atomic E-state index is -2.82. The van der Waals surface area contributed by atoms with Crippen molar-refractivity contribution < 1.29 is 13.5 Å². The molecule has 0 unspecified atom stereocenters. The van der Waals surface area contributed by atoms with E-state index in [1.807, 2.05) is 31.2 Å². The molecule has 5 heteroatoms. The second kappa shape index (κ2) is 7.38. The van der Waals surface area contributed by atoms with Crippen molar-refractivity contribution in [2.45, 2.75) is 26.1 Å². The molecule has 0 saturated heterocycles. The van der Waals surface area contributed by atoms with E-state index < -0.39 is 6.61 Å². The third kappa shape index (κ3) is 4.69. The van der Waals surface area contributed by atoms with Gasteiger partial charge >= 0.3 is 6.61 Å². The van der Waals surface area contributed by atoms with Crippen molar-refractivity contribution in [2.75, 3.05) is 0 Å². The van der Waals surface area contributed by atoms with Crippen LogP contribution in [0.3, 0.4) is 0 Å². The van der Waals surface area contributed by atoms with Gasteiger partial charge in [0, 0.05) is 23.2 Å². The molecule has 2 nitrogen and oxygen atoms in total. The molecular weight excluding hydrogens is 296 g/mol. The topological polar surface area (TPSA) is 21.3 Å². The second-order valence-corrected chi connectivity index (χ2v) is 5.08. The first kappa shape index (κ1) is 15.7. The third-order valence-electron chi connectivity index (χ3n) is 3.14. The lowest BCUT2D eigenvalue weighted by Gasteiger charge is -2.16. The number of rotatable bonds is 6. The fraction of sp³-hybridized carbons (Fsp3) is 0.250. The summed E-state index contributed by atoms with van der Waals surface area (Å²) in [6, 6.07) is 14.3. The van der Waals surface area contributed by atoms with Crippen LogP contribution < -0.4 is 10.1 Å². The number of para-hydroxylation sites is 1. The Kier molecular flexibility index (Phi) is 5.53. The minimum Gasteiger partial charge on any atom is -0.434 e. The van der Waals surface area contributed by atoms with Crippen molar-refractivity contribution in [3.63, 3.8) is 0 Å². The fourth-order valence-corrected chi connectivity index (χ4v) is 2.22. The van der Waals surface area contributed by atoms with E-state index in [2.05, 4.69) is 10.1 Å². The molecule has 0 saturated carbocycles. The zero-order chi connectivity index (χ0) is 15.2. The molecule has 0 aliphatic rings. The zero-order valence-corrected chi connectivity index (χ0v) is 12.3. The monoisotopic (exact) mass is 311 g/mol. The van der Waals surface area contributed by atoms with Crippen LogP contribution in [0.5, 0.6) is 5.75 Å². The highest BCUT2D eigenvalue weighted by molar-refractivity contribution is 6.30. The molecule has 2 aromatic rings. The molecule has 0 radical (unpaired) electrons. The van der Waals surface area contributed by atoms with Gasteiger partial charge in [0.25, 0.3) is 0 Å². The first-order chi connectivity index (χ1) is 10.1. The summed E-state index contributed by atoms with van der Waals surface area (Å²) in [7, 11) is 0. The number of hydrogen-bond acceptors (Lipinski definition) is 2. The van der Waals surface area contributed by atoms with Gasteiger partial charge < -0.3 is 10.1 Å². The lowest BCUT2D eigenvalue weighted by Crippen LogP contribution is -2.19. The highest BCUT2D eigenvalue weighted by Gasteiger charge is 2.11. The summed E-state index contributed by atoms with van der Waals surface area (Å²) in [5.74, 6) is 0.193. The van der Waals surface area contributed by atoms with E-state index in [0.29, 0.717) is 17.1 Å². The van der Waals surface area contributed by atoms with Gasteiger partial charge in [0.2, 0.25) is 0 Å². The van der Waals surface area contributed by atoms with Gasteiger partial charge in [-0.3, -0.25) is 0 Å². The number of hydrogen-bond donors (Lipinski definition) is 1. The average molecular weight is 312 g/mol. The molecule has 0 heterocycles. The van der Waals surface area contributed by atoms with Crippen LogP contribution in [0.1, 0.15) is 24.1 Å². The Bertz CT molecular complexity index is 592. The Morgan fingerprint density at radius 1 is 1.14 bits per heavy atom. The zero-order valence-electron chi connectivity index (χ0n) is 11.5. The average Bonchev–Trinajstić information content (AvgIpc) is 2.45. The molecule has 1 atom stereocenters. The summed E-state index contributed by atoms with van der Waals surface area (Å²) in [5, 5.41) is 3.94. The van der Waals surface area contributed by atoms with Crippen LogP contribution in [0.15, 0.2) is 48.5 Å². The third-order valence-corrected chi connectivity index (χ3v) is 3.37. The number of halogens is 3. The largest absolute Gasteiger partial charge is 0.434 e. The quantitative estimate of drug-likeness (QED) is 0.828. The van der Waals surface area contributed by atoms with Crippen LogP contribution in [-0.2, 0) is 6.54 Å². The lowest BCUT2D eigenvalue weighted by atomic mass is 10.1. The smallest absolute Gasteiger partial charge is 0.387 e. The Morgan fingerprint density at radius 2 is 1.90 bits per heavy atom. The molecule has 0 aliphatic carbocycles. The van der Waals surface area contributed by atoms with Crippen LogP contribution in [0, 0.1) is 0 Å². The van der Waals surface area contributed by atoms with Crippen molar-refractivity contribution in [2.24, 2.45) is 0 Å². The first-order valence-corrected chi connectivity index (χ1v) is 6.95. The van der Waals surface area contributed by atoms with Crippen molar-refractivity contribution in [1.82, 2.24) is 5.32 Å². The van der Waals surface area contributed by atoms with E-state index in [-0.39, 0.29) is 11.8 Å².